The Morgan fingerprint density at radius 2 is 1.71 bits per heavy atom. The van der Waals surface area contributed by atoms with Crippen molar-refractivity contribution in [3.63, 3.8) is 0 Å². The van der Waals surface area contributed by atoms with Crippen LogP contribution < -0.4 is 15.4 Å². The molecule has 0 radical (unpaired) electrons. The van der Waals surface area contributed by atoms with E-state index in [1.165, 1.54) is 9.80 Å². The number of nitrogens with one attached hydrogen (secondary N) is 3. The molecule has 14 nitrogen and oxygen atoms in total. The maximum absolute atomic E-state index is 14.5. The monoisotopic (exact) mass is 785 g/mol. The summed E-state index contributed by atoms with van der Waals surface area (Å²) in [5.74, 6) is -5.66. The van der Waals surface area contributed by atoms with E-state index in [0.717, 1.165) is 17.2 Å². The highest BCUT2D eigenvalue weighted by Crippen LogP contribution is 2.46. The van der Waals surface area contributed by atoms with Crippen molar-refractivity contribution in [2.75, 3.05) is 6.54 Å². The average Bonchev–Trinajstić information content (AvgIpc) is 3.41. The molecule has 5 atom stereocenters. The lowest BCUT2D eigenvalue weighted by Gasteiger charge is -2.30. The molecule has 3 aliphatic heterocycles. The van der Waals surface area contributed by atoms with Crippen molar-refractivity contribution in [3.8, 4) is 0 Å². The molecular formula is C38H45F2N5O9S. The van der Waals surface area contributed by atoms with Crippen LogP contribution in [0.5, 0.6) is 0 Å². The maximum Gasteiger partial charge on any atom is 0.410 e. The maximum atomic E-state index is 14.5. The summed E-state index contributed by atoms with van der Waals surface area (Å²) in [6.07, 6.45) is 3.50. The van der Waals surface area contributed by atoms with Gasteiger partial charge in [-0.05, 0) is 75.8 Å². The van der Waals surface area contributed by atoms with Crippen LogP contribution in [-0.4, -0.2) is 84.0 Å². The number of fused-ring (bicyclic) bond motifs is 3. The topological polar surface area (TPSA) is 181 Å². The number of nitrogens with zero attached hydrogens (tertiary/aromatic N) is 2. The Morgan fingerprint density at radius 1 is 1.00 bits per heavy atom. The Balaban J connectivity index is 1.27. The normalized spacial score (nSPS) is 25.7. The molecule has 0 spiro atoms. The fourth-order valence-electron chi connectivity index (χ4n) is 7.25. The van der Waals surface area contributed by atoms with Crippen molar-refractivity contribution >= 4 is 39.9 Å². The number of alkyl carbamates (subject to hydrolysis) is 1. The molecule has 4 aliphatic rings. The van der Waals surface area contributed by atoms with Crippen molar-refractivity contribution in [2.45, 2.75) is 113 Å². The van der Waals surface area contributed by atoms with Crippen molar-refractivity contribution in [1.82, 2.24) is 25.2 Å². The predicted octanol–water partition coefficient (Wildman–Crippen LogP) is 4.18. The van der Waals surface area contributed by atoms with Crippen molar-refractivity contribution < 1.29 is 50.6 Å². The lowest BCUT2D eigenvalue weighted by molar-refractivity contribution is -0.141. The summed E-state index contributed by atoms with van der Waals surface area (Å²) in [5.41, 5.74) is -0.775. The molecule has 2 fully saturated rings. The first-order valence-electron chi connectivity index (χ1n) is 18.3. The van der Waals surface area contributed by atoms with Gasteiger partial charge < -0.3 is 25.0 Å². The van der Waals surface area contributed by atoms with Crippen molar-refractivity contribution in [3.05, 3.63) is 77.4 Å². The van der Waals surface area contributed by atoms with Gasteiger partial charge in [0, 0.05) is 25.4 Å². The summed E-state index contributed by atoms with van der Waals surface area (Å²) in [7, 11) is -4.93. The van der Waals surface area contributed by atoms with Gasteiger partial charge in [-0.2, -0.15) is 0 Å². The number of carbonyl (C=O) groups excluding carboxylic acids is 5. The molecule has 17 heteroatoms. The number of rotatable bonds is 5. The quantitative estimate of drug-likeness (QED) is 0.375. The third-order valence-electron chi connectivity index (χ3n) is 10.1. The summed E-state index contributed by atoms with van der Waals surface area (Å²) in [4.78, 5) is 70.3. The van der Waals surface area contributed by atoms with E-state index in [-0.39, 0.29) is 25.8 Å². The minimum atomic E-state index is -4.93. The van der Waals surface area contributed by atoms with Crippen molar-refractivity contribution in [2.24, 2.45) is 5.92 Å². The second-order valence-corrected chi connectivity index (χ2v) is 17.1. The number of carbonyl (C=O) groups is 5. The van der Waals surface area contributed by atoms with Gasteiger partial charge in [0.2, 0.25) is 11.8 Å². The van der Waals surface area contributed by atoms with E-state index in [1.807, 2.05) is 35.1 Å². The summed E-state index contributed by atoms with van der Waals surface area (Å²) in [5, 5.41) is 5.31. The molecule has 0 aromatic heterocycles. The number of allylic oxidation sites excluding steroid dienone is 1. The van der Waals surface area contributed by atoms with E-state index in [9.17, 15) is 41.2 Å². The molecule has 2 aromatic rings. The zero-order chi connectivity index (χ0) is 39.7. The van der Waals surface area contributed by atoms with Gasteiger partial charge in [-0.1, -0.05) is 49.3 Å². The van der Waals surface area contributed by atoms with Gasteiger partial charge in [0.15, 0.2) is 0 Å². The molecule has 3 heterocycles. The standard InChI is InChI=1S/C38H45F2N5O9S/c1-37(2,3)54-35(49)41-29-14-8-6-4-5-7-13-25-19-38(25,34(48)43-55(51,52)31-17-26(39)15-16-28(31)40)42-32(46)30-18-27(22-45(30)33(29)47)53-36(50)44-20-23-11-9-10-12-24(23)21-44/h7,9-13,15-17,25,27,29-30H,4-6,8,14,18-22H2,1-3H3,(H,41,49)(H,42,46)(H,43,48)/t25-,27-,29-,30+,38-/m1/s1. The third kappa shape index (κ3) is 9.09. The fourth-order valence-corrected chi connectivity index (χ4v) is 8.37. The molecule has 5 amide bonds. The highest BCUT2D eigenvalue weighted by Gasteiger charge is 2.62. The van der Waals surface area contributed by atoms with Crippen LogP contribution >= 0.6 is 0 Å². The number of benzene rings is 2. The van der Waals surface area contributed by atoms with E-state index < -0.39 is 91.7 Å². The highest BCUT2D eigenvalue weighted by molar-refractivity contribution is 7.90. The van der Waals surface area contributed by atoms with Crippen LogP contribution in [0.2, 0.25) is 0 Å². The number of amides is 5. The third-order valence-corrected chi connectivity index (χ3v) is 11.5. The SMILES string of the molecule is CC(C)(C)OC(=O)N[C@@H]1CCCCCC=C[C@@H]2C[C@@]2(C(=O)NS(=O)(=O)c2cc(F)ccc2F)NC(=O)[C@@H]2C[C@@H](OC(=O)N3Cc4ccccc4C3)CN2C1=O. The van der Waals surface area contributed by atoms with E-state index >= 15 is 0 Å². The smallest absolute Gasteiger partial charge is 0.410 e. The number of hydrogen-bond donors (Lipinski definition) is 3. The number of sulfonamides is 1. The van der Waals surface area contributed by atoms with Crippen LogP contribution in [0.15, 0.2) is 59.5 Å². The summed E-state index contributed by atoms with van der Waals surface area (Å²) in [6, 6.07) is 6.89. The predicted molar refractivity (Wildman–Crippen MR) is 192 cm³/mol. The lowest BCUT2D eigenvalue weighted by atomic mass is 10.0. The molecule has 0 bridgehead atoms. The largest absolute Gasteiger partial charge is 0.444 e. The van der Waals surface area contributed by atoms with Crippen LogP contribution in [0.4, 0.5) is 18.4 Å². The molecule has 1 aliphatic carbocycles. The average molecular weight is 786 g/mol. The second kappa shape index (κ2) is 15.6. The van der Waals surface area contributed by atoms with Crippen LogP contribution in [0, 0.1) is 17.6 Å². The van der Waals surface area contributed by atoms with E-state index in [1.54, 1.807) is 26.8 Å². The van der Waals surface area contributed by atoms with E-state index in [2.05, 4.69) is 10.6 Å². The number of hydrogen-bond acceptors (Lipinski definition) is 9. The fraction of sp³-hybridized carbons (Fsp3) is 0.500. The Bertz CT molecular complexity index is 1980. The molecule has 1 saturated carbocycles. The van der Waals surface area contributed by atoms with Crippen LogP contribution in [0.1, 0.15) is 76.8 Å². The molecular weight excluding hydrogens is 741 g/mol. The molecule has 1 saturated heterocycles. The zero-order valence-corrected chi connectivity index (χ0v) is 31.6. The van der Waals surface area contributed by atoms with Crippen LogP contribution in [-0.2, 0) is 47.0 Å². The van der Waals surface area contributed by atoms with Gasteiger partial charge in [-0.15, -0.1) is 0 Å². The first-order valence-corrected chi connectivity index (χ1v) is 19.8. The van der Waals surface area contributed by atoms with Gasteiger partial charge >= 0.3 is 12.2 Å². The van der Waals surface area contributed by atoms with Gasteiger partial charge in [-0.3, -0.25) is 19.3 Å². The lowest BCUT2D eigenvalue weighted by Crippen LogP contribution is -2.58. The molecule has 6 rings (SSSR count). The van der Waals surface area contributed by atoms with Gasteiger partial charge in [0.1, 0.15) is 45.9 Å². The molecule has 0 unspecified atom stereocenters. The van der Waals surface area contributed by atoms with Crippen molar-refractivity contribution in [1.29, 1.82) is 0 Å². The van der Waals surface area contributed by atoms with Gasteiger partial charge in [-0.25, -0.2) is 31.5 Å². The van der Waals surface area contributed by atoms with Crippen LogP contribution in [0.25, 0.3) is 0 Å². The summed E-state index contributed by atoms with van der Waals surface area (Å²) < 4.78 is 67.8. The zero-order valence-electron chi connectivity index (χ0n) is 30.8. The molecule has 55 heavy (non-hydrogen) atoms. The number of ether oxygens (including phenoxy) is 2. The Labute approximate surface area is 318 Å². The van der Waals surface area contributed by atoms with Crippen LogP contribution in [0.3, 0.4) is 0 Å². The molecule has 3 N–H and O–H groups in total. The minimum absolute atomic E-state index is 0.0281. The highest BCUT2D eigenvalue weighted by atomic mass is 32.2. The summed E-state index contributed by atoms with van der Waals surface area (Å²) >= 11 is 0. The Kier molecular flexibility index (Phi) is 11.2. The first-order chi connectivity index (χ1) is 26.0. The molecule has 296 valence electrons. The van der Waals surface area contributed by atoms with Gasteiger partial charge in [0.25, 0.3) is 15.9 Å². The summed E-state index contributed by atoms with van der Waals surface area (Å²) in [6.45, 7) is 5.43. The van der Waals surface area contributed by atoms with E-state index in [0.29, 0.717) is 50.9 Å². The van der Waals surface area contributed by atoms with Gasteiger partial charge in [0.05, 0.1) is 6.54 Å². The van der Waals surface area contributed by atoms with E-state index in [4.69, 9.17) is 9.47 Å². The number of halogens is 2. The second-order valence-electron chi connectivity index (χ2n) is 15.4. The Morgan fingerprint density at radius 3 is 2.40 bits per heavy atom. The minimum Gasteiger partial charge on any atom is -0.444 e. The Hall–Kier alpha value is -5.06. The molecule has 2 aromatic carbocycles. The first kappa shape index (κ1) is 39.6.